The van der Waals surface area contributed by atoms with Crippen LogP contribution < -0.4 is 10.6 Å². The van der Waals surface area contributed by atoms with Crippen LogP contribution >= 0.6 is 0 Å². The smallest absolute Gasteiger partial charge is 0.330 e. The largest absolute Gasteiger partial charge is 0.418 e. The SMILES string of the molecule is C[C@@H]([NH2+][C@H]1CCCc2ccccc21)C(=O)Nc1ccc([N+](=O)[O-])cc1C(F)(F)F. The quantitative estimate of drug-likeness (QED) is 0.585. The first-order valence-corrected chi connectivity index (χ1v) is 9.26. The van der Waals surface area contributed by atoms with Gasteiger partial charge < -0.3 is 10.6 Å². The van der Waals surface area contributed by atoms with Gasteiger partial charge in [-0.2, -0.15) is 13.2 Å². The molecule has 6 nitrogen and oxygen atoms in total. The second-order valence-corrected chi connectivity index (χ2v) is 7.15. The van der Waals surface area contributed by atoms with E-state index in [4.69, 9.17) is 0 Å². The summed E-state index contributed by atoms with van der Waals surface area (Å²) in [5.41, 5.74) is -0.0477. The Morgan fingerprint density at radius 1 is 1.28 bits per heavy atom. The molecule has 0 saturated carbocycles. The molecule has 0 aliphatic heterocycles. The highest BCUT2D eigenvalue weighted by atomic mass is 19.4. The molecule has 2 aromatic carbocycles. The number of alkyl halides is 3. The number of nitrogens with zero attached hydrogens (tertiary/aromatic N) is 1. The summed E-state index contributed by atoms with van der Waals surface area (Å²) in [7, 11) is 0. The summed E-state index contributed by atoms with van der Waals surface area (Å²) >= 11 is 0. The number of quaternary nitrogens is 1. The van der Waals surface area contributed by atoms with Crippen LogP contribution in [0.25, 0.3) is 0 Å². The van der Waals surface area contributed by atoms with Crippen LogP contribution in [0.1, 0.15) is 42.5 Å². The maximum absolute atomic E-state index is 13.3. The first-order valence-electron chi connectivity index (χ1n) is 9.26. The number of carbonyl (C=O) groups is 1. The zero-order valence-electron chi connectivity index (χ0n) is 15.7. The molecular formula is C20H21F3N3O3+. The standard InChI is InChI=1S/C20H20F3N3O3/c1-12(24-17-8-4-6-13-5-2-3-7-15(13)17)19(27)25-18-10-9-14(26(28)29)11-16(18)20(21,22)23/h2-3,5,7,9-12,17,24H,4,6,8H2,1H3,(H,25,27)/p+1/t12-,17+/m1/s1. The van der Waals surface area contributed by atoms with Crippen molar-refractivity contribution in [3.63, 3.8) is 0 Å². The number of amides is 1. The van der Waals surface area contributed by atoms with Crippen LogP contribution in [0.2, 0.25) is 0 Å². The predicted molar refractivity (Wildman–Crippen MR) is 100 cm³/mol. The third-order valence-electron chi connectivity index (χ3n) is 5.13. The summed E-state index contributed by atoms with van der Waals surface area (Å²) < 4.78 is 39.9. The Balaban J connectivity index is 1.76. The maximum Gasteiger partial charge on any atom is 0.418 e. The fourth-order valence-corrected chi connectivity index (χ4v) is 3.66. The highest BCUT2D eigenvalue weighted by molar-refractivity contribution is 5.94. The molecule has 0 fully saturated rings. The van der Waals surface area contributed by atoms with Crippen LogP contribution in [0.5, 0.6) is 0 Å². The van der Waals surface area contributed by atoms with Crippen molar-refractivity contribution in [2.24, 2.45) is 0 Å². The summed E-state index contributed by atoms with van der Waals surface area (Å²) in [6.45, 7) is 1.63. The lowest BCUT2D eigenvalue weighted by Crippen LogP contribution is -2.92. The molecule has 0 heterocycles. The van der Waals surface area contributed by atoms with Gasteiger partial charge in [-0.3, -0.25) is 14.9 Å². The topological polar surface area (TPSA) is 88.8 Å². The zero-order chi connectivity index (χ0) is 21.2. The number of nitro benzene ring substituents is 1. The molecular weight excluding hydrogens is 387 g/mol. The molecule has 0 bridgehead atoms. The molecule has 0 spiro atoms. The fourth-order valence-electron chi connectivity index (χ4n) is 3.66. The minimum absolute atomic E-state index is 0.0552. The number of hydrogen-bond acceptors (Lipinski definition) is 3. The van der Waals surface area contributed by atoms with Crippen LogP contribution in [-0.2, 0) is 17.4 Å². The van der Waals surface area contributed by atoms with E-state index in [9.17, 15) is 28.1 Å². The number of benzene rings is 2. The van der Waals surface area contributed by atoms with Gasteiger partial charge in [0.15, 0.2) is 6.04 Å². The number of fused-ring (bicyclic) bond motifs is 1. The van der Waals surface area contributed by atoms with Gasteiger partial charge >= 0.3 is 6.18 Å². The van der Waals surface area contributed by atoms with Crippen LogP contribution in [-0.4, -0.2) is 16.9 Å². The molecule has 1 aliphatic rings. The predicted octanol–water partition coefficient (Wildman–Crippen LogP) is 3.58. The van der Waals surface area contributed by atoms with Crippen molar-refractivity contribution in [3.8, 4) is 0 Å². The Morgan fingerprint density at radius 2 is 2.00 bits per heavy atom. The first-order chi connectivity index (χ1) is 13.7. The van der Waals surface area contributed by atoms with Gasteiger partial charge in [0.25, 0.3) is 11.6 Å². The van der Waals surface area contributed by atoms with Crippen LogP contribution in [0.3, 0.4) is 0 Å². The molecule has 2 aromatic rings. The number of halogens is 3. The van der Waals surface area contributed by atoms with E-state index in [0.29, 0.717) is 6.07 Å². The summed E-state index contributed by atoms with van der Waals surface area (Å²) in [5, 5.41) is 14.9. The van der Waals surface area contributed by atoms with E-state index in [2.05, 4.69) is 5.32 Å². The number of nitrogens with two attached hydrogens (primary N) is 1. The summed E-state index contributed by atoms with van der Waals surface area (Å²) in [4.78, 5) is 22.4. The number of non-ortho nitro benzene ring substituents is 1. The van der Waals surface area contributed by atoms with Crippen molar-refractivity contribution in [1.82, 2.24) is 0 Å². The number of aryl methyl sites for hydroxylation is 1. The zero-order valence-corrected chi connectivity index (χ0v) is 15.7. The molecule has 0 aromatic heterocycles. The monoisotopic (exact) mass is 408 g/mol. The van der Waals surface area contributed by atoms with E-state index in [1.165, 1.54) is 5.56 Å². The van der Waals surface area contributed by atoms with E-state index in [1.54, 1.807) is 6.92 Å². The van der Waals surface area contributed by atoms with Crippen LogP contribution in [0.15, 0.2) is 42.5 Å². The van der Waals surface area contributed by atoms with Crippen molar-refractivity contribution in [2.75, 3.05) is 5.32 Å². The molecule has 0 radical (unpaired) electrons. The van der Waals surface area contributed by atoms with Gasteiger partial charge in [0, 0.05) is 24.1 Å². The van der Waals surface area contributed by atoms with Gasteiger partial charge in [0.2, 0.25) is 0 Å². The summed E-state index contributed by atoms with van der Waals surface area (Å²) in [6.07, 6.45) is -2.00. The molecule has 1 amide bonds. The fraction of sp³-hybridized carbons (Fsp3) is 0.350. The number of carbonyl (C=O) groups excluding carboxylic acids is 1. The first kappa shape index (κ1) is 20.8. The Morgan fingerprint density at radius 3 is 2.69 bits per heavy atom. The Hall–Kier alpha value is -2.94. The van der Waals surface area contributed by atoms with Crippen molar-refractivity contribution >= 4 is 17.3 Å². The summed E-state index contributed by atoms with van der Waals surface area (Å²) in [5.74, 6) is -0.590. The molecule has 3 rings (SSSR count). The van der Waals surface area contributed by atoms with Gasteiger partial charge in [0.05, 0.1) is 16.2 Å². The lowest BCUT2D eigenvalue weighted by Gasteiger charge is -2.26. The molecule has 2 atom stereocenters. The maximum atomic E-state index is 13.3. The van der Waals surface area contributed by atoms with Gasteiger partial charge in [0.1, 0.15) is 6.04 Å². The number of nitro groups is 1. The van der Waals surface area contributed by atoms with Gasteiger partial charge in [-0.15, -0.1) is 0 Å². The number of anilines is 1. The van der Waals surface area contributed by atoms with E-state index in [1.807, 2.05) is 29.6 Å². The second-order valence-electron chi connectivity index (χ2n) is 7.15. The number of hydrogen-bond donors (Lipinski definition) is 2. The lowest BCUT2D eigenvalue weighted by atomic mass is 9.87. The minimum atomic E-state index is -4.83. The van der Waals surface area contributed by atoms with Crippen molar-refractivity contribution < 1.29 is 28.2 Å². The number of rotatable bonds is 5. The van der Waals surface area contributed by atoms with E-state index in [-0.39, 0.29) is 6.04 Å². The molecule has 3 N–H and O–H groups in total. The highest BCUT2D eigenvalue weighted by Crippen LogP contribution is 2.37. The molecule has 0 saturated heterocycles. The minimum Gasteiger partial charge on any atom is -0.330 e. The van der Waals surface area contributed by atoms with Crippen LogP contribution in [0.4, 0.5) is 24.5 Å². The third-order valence-corrected chi connectivity index (χ3v) is 5.13. The molecule has 9 heteroatoms. The average molecular weight is 408 g/mol. The number of nitrogens with one attached hydrogen (secondary N) is 1. The molecule has 1 aliphatic carbocycles. The van der Waals surface area contributed by atoms with Gasteiger partial charge in [-0.1, -0.05) is 24.3 Å². The van der Waals surface area contributed by atoms with Crippen molar-refractivity contribution in [3.05, 3.63) is 69.3 Å². The van der Waals surface area contributed by atoms with Crippen LogP contribution in [0, 0.1) is 10.1 Å². The average Bonchev–Trinajstić information content (AvgIpc) is 2.67. The molecule has 0 unspecified atom stereocenters. The van der Waals surface area contributed by atoms with E-state index < -0.39 is 40.0 Å². The van der Waals surface area contributed by atoms with E-state index >= 15 is 0 Å². The van der Waals surface area contributed by atoms with Crippen molar-refractivity contribution in [2.45, 2.75) is 44.4 Å². The lowest BCUT2D eigenvalue weighted by molar-refractivity contribution is -0.714. The van der Waals surface area contributed by atoms with Gasteiger partial charge in [-0.05, 0) is 31.4 Å². The highest BCUT2D eigenvalue weighted by Gasteiger charge is 2.36. The van der Waals surface area contributed by atoms with Crippen molar-refractivity contribution in [1.29, 1.82) is 0 Å². The normalized spacial score (nSPS) is 17.3. The Kier molecular flexibility index (Phi) is 5.88. The second kappa shape index (κ2) is 8.20. The molecule has 154 valence electrons. The van der Waals surface area contributed by atoms with E-state index in [0.717, 1.165) is 37.0 Å². The van der Waals surface area contributed by atoms with Gasteiger partial charge in [-0.25, -0.2) is 0 Å². The third kappa shape index (κ3) is 4.73. The Labute approximate surface area is 165 Å². The summed E-state index contributed by atoms with van der Waals surface area (Å²) in [6, 6.07) is 9.67. The Bertz CT molecular complexity index is 931. The molecule has 29 heavy (non-hydrogen) atoms.